The summed E-state index contributed by atoms with van der Waals surface area (Å²) in [6.07, 6.45) is 3.61. The first-order chi connectivity index (χ1) is 12.0. The molecule has 0 unspecified atom stereocenters. The van der Waals surface area contributed by atoms with Crippen LogP contribution in [0.1, 0.15) is 38.2 Å². The van der Waals surface area contributed by atoms with Gasteiger partial charge >= 0.3 is 0 Å². The molecule has 0 spiro atoms. The molecule has 3 rings (SSSR count). The van der Waals surface area contributed by atoms with Crippen molar-refractivity contribution in [2.45, 2.75) is 51.2 Å². The average molecular weight is 351 g/mol. The summed E-state index contributed by atoms with van der Waals surface area (Å²) < 4.78 is 26.3. The van der Waals surface area contributed by atoms with Crippen LogP contribution in [0, 0.1) is 17.6 Å². The third kappa shape index (κ3) is 4.98. The predicted octanol–water partition coefficient (Wildman–Crippen LogP) is 2.43. The van der Waals surface area contributed by atoms with Crippen molar-refractivity contribution in [2.75, 3.05) is 19.6 Å². The zero-order valence-electron chi connectivity index (χ0n) is 14.7. The third-order valence-corrected chi connectivity index (χ3v) is 5.32. The Bertz CT molecular complexity index is 602. The molecule has 1 aromatic rings. The Morgan fingerprint density at radius 1 is 1.24 bits per heavy atom. The smallest absolute Gasteiger partial charge is 0.223 e. The highest BCUT2D eigenvalue weighted by molar-refractivity contribution is 5.79. The number of piperidine rings is 2. The molecule has 4 nitrogen and oxygen atoms in total. The summed E-state index contributed by atoms with van der Waals surface area (Å²) in [5, 5.41) is 6.58. The van der Waals surface area contributed by atoms with Gasteiger partial charge in [-0.15, -0.1) is 0 Å². The van der Waals surface area contributed by atoms with Gasteiger partial charge in [-0.1, -0.05) is 6.07 Å². The molecule has 2 atom stereocenters. The molecule has 1 amide bonds. The first-order valence-corrected chi connectivity index (χ1v) is 9.21. The third-order valence-electron chi connectivity index (χ3n) is 5.32. The Morgan fingerprint density at radius 3 is 2.68 bits per heavy atom. The summed E-state index contributed by atoms with van der Waals surface area (Å²) in [6.45, 7) is 5.35. The van der Waals surface area contributed by atoms with E-state index in [-0.39, 0.29) is 17.9 Å². The summed E-state index contributed by atoms with van der Waals surface area (Å²) >= 11 is 0. The highest BCUT2D eigenvalue weighted by atomic mass is 19.2. The molecule has 0 saturated carbocycles. The fourth-order valence-corrected chi connectivity index (χ4v) is 3.82. The standard InChI is InChI=1S/C19H27F2N3O/c1-13-10-15(4-7-22-13)19(25)23-16-5-8-24(9-6-16)12-14-2-3-17(20)18(21)11-14/h2-3,11,13,15-16,22H,4-10,12H2,1H3,(H,23,25)/t13-,15-/m0/s1. The lowest BCUT2D eigenvalue weighted by atomic mass is 9.91. The molecule has 2 heterocycles. The number of benzene rings is 1. The Balaban J connectivity index is 1.43. The average Bonchev–Trinajstić information content (AvgIpc) is 2.60. The SMILES string of the molecule is C[C@H]1C[C@@H](C(=O)NC2CCN(Cc3ccc(F)c(F)c3)CC2)CCN1. The van der Waals surface area contributed by atoms with Crippen LogP contribution in [0.25, 0.3) is 0 Å². The van der Waals surface area contributed by atoms with Crippen LogP contribution in [0.15, 0.2) is 18.2 Å². The molecule has 0 aliphatic carbocycles. The van der Waals surface area contributed by atoms with E-state index >= 15 is 0 Å². The molecule has 2 N–H and O–H groups in total. The van der Waals surface area contributed by atoms with Gasteiger partial charge in [-0.25, -0.2) is 8.78 Å². The van der Waals surface area contributed by atoms with Gasteiger partial charge in [0.2, 0.25) is 5.91 Å². The normalized spacial score (nSPS) is 25.7. The summed E-state index contributed by atoms with van der Waals surface area (Å²) in [5.74, 6) is -1.29. The van der Waals surface area contributed by atoms with Gasteiger partial charge in [-0.2, -0.15) is 0 Å². The second-order valence-electron chi connectivity index (χ2n) is 7.38. The molecule has 2 aliphatic rings. The molecule has 0 radical (unpaired) electrons. The molecule has 6 heteroatoms. The molecule has 2 saturated heterocycles. The van der Waals surface area contributed by atoms with E-state index in [1.807, 2.05) is 0 Å². The molecule has 25 heavy (non-hydrogen) atoms. The Hall–Kier alpha value is -1.53. The number of rotatable bonds is 4. The number of amides is 1. The number of likely N-dealkylation sites (tertiary alicyclic amines) is 1. The van der Waals surface area contributed by atoms with Crippen LogP contribution in [0.2, 0.25) is 0 Å². The second kappa shape index (κ2) is 8.23. The van der Waals surface area contributed by atoms with Crippen molar-refractivity contribution in [3.8, 4) is 0 Å². The Kier molecular flexibility index (Phi) is 6.02. The van der Waals surface area contributed by atoms with Gasteiger partial charge in [0.25, 0.3) is 0 Å². The molecule has 2 fully saturated rings. The van der Waals surface area contributed by atoms with Gasteiger partial charge in [0.15, 0.2) is 11.6 Å². The van der Waals surface area contributed by atoms with Crippen LogP contribution in [-0.4, -0.2) is 42.5 Å². The van der Waals surface area contributed by atoms with Crippen LogP contribution in [0.3, 0.4) is 0 Å². The number of halogens is 2. The zero-order valence-corrected chi connectivity index (χ0v) is 14.7. The van der Waals surface area contributed by atoms with Crippen LogP contribution in [-0.2, 0) is 11.3 Å². The van der Waals surface area contributed by atoms with E-state index in [2.05, 4.69) is 22.5 Å². The van der Waals surface area contributed by atoms with Crippen molar-refractivity contribution >= 4 is 5.91 Å². The minimum absolute atomic E-state index is 0.122. The Morgan fingerprint density at radius 2 is 2.00 bits per heavy atom. The van der Waals surface area contributed by atoms with Gasteiger partial charge in [0.1, 0.15) is 0 Å². The summed E-state index contributed by atoms with van der Waals surface area (Å²) in [7, 11) is 0. The van der Waals surface area contributed by atoms with Gasteiger partial charge in [-0.3, -0.25) is 9.69 Å². The van der Waals surface area contributed by atoms with Crippen molar-refractivity contribution in [1.82, 2.24) is 15.5 Å². The number of nitrogens with zero attached hydrogens (tertiary/aromatic N) is 1. The maximum atomic E-state index is 13.3. The van der Waals surface area contributed by atoms with Crippen LogP contribution in [0.5, 0.6) is 0 Å². The van der Waals surface area contributed by atoms with Crippen LogP contribution in [0.4, 0.5) is 8.78 Å². The molecular weight excluding hydrogens is 324 g/mol. The molecule has 1 aromatic carbocycles. The molecule has 138 valence electrons. The van der Waals surface area contributed by atoms with Gasteiger partial charge in [-0.05, 0) is 56.8 Å². The fourth-order valence-electron chi connectivity index (χ4n) is 3.82. The molecule has 0 aromatic heterocycles. The van der Waals surface area contributed by atoms with Crippen LogP contribution >= 0.6 is 0 Å². The zero-order chi connectivity index (χ0) is 17.8. The summed E-state index contributed by atoms with van der Waals surface area (Å²) in [4.78, 5) is 14.6. The first-order valence-electron chi connectivity index (χ1n) is 9.21. The number of hydrogen-bond acceptors (Lipinski definition) is 3. The summed E-state index contributed by atoms with van der Waals surface area (Å²) in [5.41, 5.74) is 0.782. The van der Waals surface area contributed by atoms with Crippen molar-refractivity contribution in [2.24, 2.45) is 5.92 Å². The van der Waals surface area contributed by atoms with E-state index in [0.29, 0.717) is 12.6 Å². The Labute approximate surface area is 148 Å². The number of hydrogen-bond donors (Lipinski definition) is 2. The van der Waals surface area contributed by atoms with E-state index < -0.39 is 11.6 Å². The van der Waals surface area contributed by atoms with Gasteiger partial charge in [0, 0.05) is 37.6 Å². The van der Waals surface area contributed by atoms with Crippen molar-refractivity contribution in [3.63, 3.8) is 0 Å². The van der Waals surface area contributed by atoms with Crippen LogP contribution < -0.4 is 10.6 Å². The lowest BCUT2D eigenvalue weighted by Gasteiger charge is -2.34. The lowest BCUT2D eigenvalue weighted by molar-refractivity contribution is -0.127. The quantitative estimate of drug-likeness (QED) is 0.876. The molecular formula is C19H27F2N3O. The van der Waals surface area contributed by atoms with E-state index in [1.54, 1.807) is 6.07 Å². The molecule has 2 aliphatic heterocycles. The minimum atomic E-state index is -0.808. The van der Waals surface area contributed by atoms with E-state index in [1.165, 1.54) is 12.1 Å². The van der Waals surface area contributed by atoms with Crippen molar-refractivity contribution in [3.05, 3.63) is 35.4 Å². The van der Waals surface area contributed by atoms with E-state index in [9.17, 15) is 13.6 Å². The minimum Gasteiger partial charge on any atom is -0.353 e. The largest absolute Gasteiger partial charge is 0.353 e. The van der Waals surface area contributed by atoms with E-state index in [4.69, 9.17) is 0 Å². The number of carbonyl (C=O) groups excluding carboxylic acids is 1. The predicted molar refractivity (Wildman–Crippen MR) is 93.0 cm³/mol. The lowest BCUT2D eigenvalue weighted by Crippen LogP contribution is -2.48. The fraction of sp³-hybridized carbons (Fsp3) is 0.632. The number of nitrogens with one attached hydrogen (secondary N) is 2. The summed E-state index contributed by atoms with van der Waals surface area (Å²) in [6, 6.07) is 4.70. The number of carbonyl (C=O) groups is 1. The maximum Gasteiger partial charge on any atom is 0.223 e. The topological polar surface area (TPSA) is 44.4 Å². The molecule has 0 bridgehead atoms. The maximum absolute atomic E-state index is 13.3. The van der Waals surface area contributed by atoms with Gasteiger partial charge < -0.3 is 10.6 Å². The second-order valence-corrected chi connectivity index (χ2v) is 7.38. The monoisotopic (exact) mass is 351 g/mol. The van der Waals surface area contributed by atoms with Crippen molar-refractivity contribution < 1.29 is 13.6 Å². The van der Waals surface area contributed by atoms with Crippen molar-refractivity contribution in [1.29, 1.82) is 0 Å². The van der Waals surface area contributed by atoms with E-state index in [0.717, 1.165) is 50.9 Å². The highest BCUT2D eigenvalue weighted by Gasteiger charge is 2.27. The highest BCUT2D eigenvalue weighted by Crippen LogP contribution is 2.19. The van der Waals surface area contributed by atoms with Gasteiger partial charge in [0.05, 0.1) is 0 Å². The first kappa shape index (κ1) is 18.3.